The second-order valence-corrected chi connectivity index (χ2v) is 7.81. The van der Waals surface area contributed by atoms with Crippen LogP contribution >= 0.6 is 0 Å². The monoisotopic (exact) mass is 417 g/mol. The van der Waals surface area contributed by atoms with E-state index >= 15 is 0 Å². The van der Waals surface area contributed by atoms with E-state index in [0.29, 0.717) is 0 Å². The summed E-state index contributed by atoms with van der Waals surface area (Å²) in [5, 5.41) is 8.77. The Hall–Kier alpha value is -2.58. The van der Waals surface area contributed by atoms with Gasteiger partial charge in [-0.3, -0.25) is 14.5 Å². The SMILES string of the molecule is COc1cccc(/C=C/NC(C(=O)NCC(=O)NC(C)C)N2CCCN(C)CC2)c1. The molecule has 2 amide bonds. The van der Waals surface area contributed by atoms with Gasteiger partial charge in [-0.25, -0.2) is 0 Å². The standard InChI is InChI=1S/C22H35N5O3/c1-17(2)25-20(28)16-24-22(29)21(27-12-6-11-26(3)13-14-27)23-10-9-18-7-5-8-19(15-18)30-4/h5,7-10,15,17,21,23H,6,11-14,16H2,1-4H3,(H,24,29)(H,25,28)/b10-9+. The minimum absolute atomic E-state index is 0.0373. The zero-order valence-corrected chi connectivity index (χ0v) is 18.5. The van der Waals surface area contributed by atoms with Crippen LogP contribution in [0.2, 0.25) is 0 Å². The van der Waals surface area contributed by atoms with Crippen molar-refractivity contribution in [2.24, 2.45) is 0 Å². The van der Waals surface area contributed by atoms with Crippen molar-refractivity contribution in [3.05, 3.63) is 36.0 Å². The van der Waals surface area contributed by atoms with E-state index < -0.39 is 6.17 Å². The van der Waals surface area contributed by atoms with E-state index in [1.54, 1.807) is 13.3 Å². The van der Waals surface area contributed by atoms with Crippen molar-refractivity contribution in [3.8, 4) is 5.75 Å². The molecule has 1 atom stereocenters. The summed E-state index contributed by atoms with van der Waals surface area (Å²) in [6, 6.07) is 7.73. The summed E-state index contributed by atoms with van der Waals surface area (Å²) in [5.41, 5.74) is 0.966. The number of likely N-dealkylation sites (N-methyl/N-ethyl adjacent to an activating group) is 1. The third kappa shape index (κ3) is 8.04. The summed E-state index contributed by atoms with van der Waals surface area (Å²) in [4.78, 5) is 29.2. The summed E-state index contributed by atoms with van der Waals surface area (Å²) in [5.74, 6) is 0.367. The fourth-order valence-electron chi connectivity index (χ4n) is 3.29. The molecule has 0 saturated carbocycles. The van der Waals surface area contributed by atoms with E-state index in [4.69, 9.17) is 4.74 Å². The lowest BCUT2D eigenvalue weighted by Gasteiger charge is -2.29. The average Bonchev–Trinajstić information content (AvgIpc) is 2.93. The second kappa shape index (κ2) is 12.2. The zero-order chi connectivity index (χ0) is 21.9. The van der Waals surface area contributed by atoms with E-state index in [1.807, 2.05) is 44.2 Å². The van der Waals surface area contributed by atoms with Gasteiger partial charge < -0.3 is 25.6 Å². The van der Waals surface area contributed by atoms with Crippen molar-refractivity contribution in [1.29, 1.82) is 0 Å². The molecule has 1 aliphatic rings. The molecule has 0 spiro atoms. The number of nitrogens with one attached hydrogen (secondary N) is 3. The number of amides is 2. The highest BCUT2D eigenvalue weighted by atomic mass is 16.5. The number of rotatable bonds is 9. The Balaban J connectivity index is 2.05. The molecule has 0 aliphatic carbocycles. The lowest BCUT2D eigenvalue weighted by molar-refractivity contribution is -0.130. The van der Waals surface area contributed by atoms with E-state index in [-0.39, 0.29) is 24.4 Å². The Labute approximate surface area is 179 Å². The van der Waals surface area contributed by atoms with Crippen molar-refractivity contribution < 1.29 is 14.3 Å². The van der Waals surface area contributed by atoms with Crippen LogP contribution in [0.5, 0.6) is 5.75 Å². The predicted octanol–water partition coefficient (Wildman–Crippen LogP) is 0.860. The van der Waals surface area contributed by atoms with Gasteiger partial charge in [-0.2, -0.15) is 0 Å². The van der Waals surface area contributed by atoms with E-state index in [1.165, 1.54) is 0 Å². The topological polar surface area (TPSA) is 85.9 Å². The zero-order valence-electron chi connectivity index (χ0n) is 18.5. The molecule has 0 radical (unpaired) electrons. The maximum absolute atomic E-state index is 12.9. The van der Waals surface area contributed by atoms with Crippen LogP contribution in [0.25, 0.3) is 6.08 Å². The van der Waals surface area contributed by atoms with Crippen LogP contribution in [-0.2, 0) is 9.59 Å². The molecule has 1 saturated heterocycles. The number of carbonyl (C=O) groups is 2. The molecule has 3 N–H and O–H groups in total. The van der Waals surface area contributed by atoms with Crippen molar-refractivity contribution in [3.63, 3.8) is 0 Å². The molecule has 8 nitrogen and oxygen atoms in total. The summed E-state index contributed by atoms with van der Waals surface area (Å²) < 4.78 is 5.25. The van der Waals surface area contributed by atoms with Gasteiger partial charge in [0.05, 0.1) is 13.7 Å². The van der Waals surface area contributed by atoms with Crippen molar-refractivity contribution in [2.75, 3.05) is 46.9 Å². The highest BCUT2D eigenvalue weighted by Crippen LogP contribution is 2.13. The molecule has 1 aromatic rings. The van der Waals surface area contributed by atoms with Gasteiger partial charge in [0.2, 0.25) is 5.91 Å². The van der Waals surface area contributed by atoms with Crippen LogP contribution in [0.4, 0.5) is 0 Å². The summed E-state index contributed by atoms with van der Waals surface area (Å²) >= 11 is 0. The maximum Gasteiger partial charge on any atom is 0.258 e. The highest BCUT2D eigenvalue weighted by molar-refractivity contribution is 5.87. The second-order valence-electron chi connectivity index (χ2n) is 7.81. The molecular weight excluding hydrogens is 382 g/mol. The van der Waals surface area contributed by atoms with Gasteiger partial charge >= 0.3 is 0 Å². The molecule has 166 valence electrons. The molecule has 30 heavy (non-hydrogen) atoms. The molecule has 2 rings (SSSR count). The van der Waals surface area contributed by atoms with Gasteiger partial charge in [0, 0.05) is 25.7 Å². The first kappa shape index (κ1) is 23.7. The fourth-order valence-corrected chi connectivity index (χ4v) is 3.29. The molecule has 1 heterocycles. The molecule has 8 heteroatoms. The first-order chi connectivity index (χ1) is 14.4. The molecule has 1 fully saturated rings. The van der Waals surface area contributed by atoms with E-state index in [9.17, 15) is 9.59 Å². The van der Waals surface area contributed by atoms with Gasteiger partial charge in [0.1, 0.15) is 5.75 Å². The number of hydrogen-bond donors (Lipinski definition) is 3. The number of carbonyl (C=O) groups excluding carboxylic acids is 2. The third-order valence-electron chi connectivity index (χ3n) is 4.86. The summed E-state index contributed by atoms with van der Waals surface area (Å²) in [6.45, 7) is 7.21. The first-order valence-electron chi connectivity index (χ1n) is 10.5. The molecule has 1 aromatic carbocycles. The normalized spacial score (nSPS) is 16.8. The van der Waals surface area contributed by atoms with Crippen LogP contribution in [0.3, 0.4) is 0 Å². The smallest absolute Gasteiger partial charge is 0.258 e. The van der Waals surface area contributed by atoms with E-state index in [2.05, 4.69) is 32.8 Å². The number of hydrogen-bond acceptors (Lipinski definition) is 6. The van der Waals surface area contributed by atoms with Gasteiger partial charge in [0.25, 0.3) is 5.91 Å². The maximum atomic E-state index is 12.9. The van der Waals surface area contributed by atoms with Crippen LogP contribution in [-0.4, -0.2) is 80.7 Å². The Morgan fingerprint density at radius 2 is 2.00 bits per heavy atom. The van der Waals surface area contributed by atoms with Gasteiger partial charge in [0.15, 0.2) is 6.17 Å². The van der Waals surface area contributed by atoms with Crippen LogP contribution in [0, 0.1) is 0 Å². The minimum atomic E-state index is -0.551. The third-order valence-corrected chi connectivity index (χ3v) is 4.86. The first-order valence-corrected chi connectivity index (χ1v) is 10.5. The van der Waals surface area contributed by atoms with Crippen molar-refractivity contribution in [1.82, 2.24) is 25.8 Å². The van der Waals surface area contributed by atoms with Gasteiger partial charge in [-0.1, -0.05) is 12.1 Å². The highest BCUT2D eigenvalue weighted by Gasteiger charge is 2.26. The Morgan fingerprint density at radius 3 is 2.73 bits per heavy atom. The summed E-state index contributed by atoms with van der Waals surface area (Å²) in [6.07, 6.45) is 4.11. The molecule has 0 aromatic heterocycles. The van der Waals surface area contributed by atoms with Crippen molar-refractivity contribution >= 4 is 17.9 Å². The predicted molar refractivity (Wildman–Crippen MR) is 119 cm³/mol. The van der Waals surface area contributed by atoms with Crippen LogP contribution < -0.4 is 20.7 Å². The molecule has 0 bridgehead atoms. The number of benzene rings is 1. The number of ether oxygens (including phenoxy) is 1. The van der Waals surface area contributed by atoms with Crippen LogP contribution in [0.15, 0.2) is 30.5 Å². The van der Waals surface area contributed by atoms with Crippen LogP contribution in [0.1, 0.15) is 25.8 Å². The number of nitrogens with zero attached hydrogens (tertiary/aromatic N) is 2. The van der Waals surface area contributed by atoms with Crippen molar-refractivity contribution in [2.45, 2.75) is 32.5 Å². The van der Waals surface area contributed by atoms with E-state index in [0.717, 1.165) is 43.9 Å². The lowest BCUT2D eigenvalue weighted by Crippen LogP contribution is -2.55. The Kier molecular flexibility index (Phi) is 9.63. The average molecular weight is 418 g/mol. The number of methoxy groups -OCH3 is 1. The quantitative estimate of drug-likeness (QED) is 0.553. The summed E-state index contributed by atoms with van der Waals surface area (Å²) in [7, 11) is 3.72. The fraction of sp³-hybridized carbons (Fsp3) is 0.545. The van der Waals surface area contributed by atoms with Gasteiger partial charge in [-0.05, 0) is 63.8 Å². The largest absolute Gasteiger partial charge is 0.497 e. The molecule has 1 aliphatic heterocycles. The minimum Gasteiger partial charge on any atom is -0.497 e. The molecular formula is C22H35N5O3. The Bertz CT molecular complexity index is 722. The van der Waals surface area contributed by atoms with Gasteiger partial charge in [-0.15, -0.1) is 0 Å². The lowest BCUT2D eigenvalue weighted by atomic mass is 10.2. The molecule has 1 unspecified atom stereocenters. The Morgan fingerprint density at radius 1 is 1.20 bits per heavy atom.